The van der Waals surface area contributed by atoms with Crippen LogP contribution in [0.2, 0.25) is 0 Å². The molecule has 2 atom stereocenters. The highest BCUT2D eigenvalue weighted by Gasteiger charge is 2.53. The number of hydrogen-bond donors (Lipinski definition) is 1. The fraction of sp³-hybridized carbons (Fsp3) is 0.647. The summed E-state index contributed by atoms with van der Waals surface area (Å²) in [6.07, 6.45) is 5.68. The van der Waals surface area contributed by atoms with Crippen LogP contribution in [-0.4, -0.2) is 12.6 Å². The van der Waals surface area contributed by atoms with Crippen LogP contribution in [0.3, 0.4) is 0 Å². The molecule has 2 saturated carbocycles. The van der Waals surface area contributed by atoms with Gasteiger partial charge < -0.3 is 5.32 Å². The van der Waals surface area contributed by atoms with Gasteiger partial charge in [-0.05, 0) is 48.5 Å². The van der Waals surface area contributed by atoms with Gasteiger partial charge in [0.15, 0.2) is 0 Å². The number of benzene rings is 1. The summed E-state index contributed by atoms with van der Waals surface area (Å²) in [5.74, 6) is 2.12. The third-order valence-electron chi connectivity index (χ3n) is 4.77. The van der Waals surface area contributed by atoms with E-state index in [2.05, 4.69) is 49.5 Å². The van der Waals surface area contributed by atoms with Gasteiger partial charge in [-0.2, -0.15) is 0 Å². The average molecular weight is 243 g/mol. The molecule has 0 saturated heterocycles. The first-order valence-corrected chi connectivity index (χ1v) is 7.44. The summed E-state index contributed by atoms with van der Waals surface area (Å²) >= 11 is 0. The summed E-state index contributed by atoms with van der Waals surface area (Å²) in [7, 11) is 0. The Bertz CT molecular complexity index is 385. The van der Waals surface area contributed by atoms with Crippen molar-refractivity contribution < 1.29 is 0 Å². The molecular formula is C17H25N. The molecule has 1 heteroatoms. The van der Waals surface area contributed by atoms with Crippen molar-refractivity contribution in [2.45, 2.75) is 45.6 Å². The lowest BCUT2D eigenvalue weighted by Crippen LogP contribution is -2.38. The molecule has 1 nitrogen and oxygen atoms in total. The normalized spacial score (nSPS) is 33.7. The molecule has 0 aliphatic heterocycles. The van der Waals surface area contributed by atoms with Crippen LogP contribution in [0.4, 0.5) is 0 Å². The monoisotopic (exact) mass is 243 g/mol. The molecule has 2 aliphatic rings. The van der Waals surface area contributed by atoms with Gasteiger partial charge in [0, 0.05) is 12.6 Å². The molecule has 1 aromatic carbocycles. The summed E-state index contributed by atoms with van der Waals surface area (Å²) in [4.78, 5) is 0. The van der Waals surface area contributed by atoms with E-state index in [0.717, 1.165) is 11.8 Å². The molecule has 0 aromatic heterocycles. The maximum Gasteiger partial charge on any atom is 0.00136 e. The van der Waals surface area contributed by atoms with E-state index in [1.165, 1.54) is 37.8 Å². The van der Waals surface area contributed by atoms with Crippen molar-refractivity contribution >= 4 is 0 Å². The molecule has 0 bridgehead atoms. The standard InChI is InChI=1S/C17H25N/c1-13(2)18-12-17(10-15-8-16(15)11-17)9-14-6-4-3-5-7-14/h3-7,13,15-16,18H,8-12H2,1-2H3. The first kappa shape index (κ1) is 12.2. The van der Waals surface area contributed by atoms with E-state index in [4.69, 9.17) is 0 Å². The van der Waals surface area contributed by atoms with Crippen LogP contribution < -0.4 is 5.32 Å². The van der Waals surface area contributed by atoms with Crippen LogP contribution >= 0.6 is 0 Å². The van der Waals surface area contributed by atoms with Crippen LogP contribution in [0.15, 0.2) is 30.3 Å². The maximum atomic E-state index is 3.69. The molecule has 0 spiro atoms. The van der Waals surface area contributed by atoms with Gasteiger partial charge in [-0.1, -0.05) is 44.2 Å². The summed E-state index contributed by atoms with van der Waals surface area (Å²) in [5, 5.41) is 3.69. The van der Waals surface area contributed by atoms with Crippen molar-refractivity contribution in [3.8, 4) is 0 Å². The zero-order valence-corrected chi connectivity index (χ0v) is 11.7. The summed E-state index contributed by atoms with van der Waals surface area (Å²) in [6.45, 7) is 5.71. The Balaban J connectivity index is 1.70. The van der Waals surface area contributed by atoms with Crippen molar-refractivity contribution in [3.63, 3.8) is 0 Å². The quantitative estimate of drug-likeness (QED) is 0.832. The molecule has 18 heavy (non-hydrogen) atoms. The van der Waals surface area contributed by atoms with E-state index >= 15 is 0 Å². The minimum atomic E-state index is 0.541. The van der Waals surface area contributed by atoms with Gasteiger partial charge in [0.25, 0.3) is 0 Å². The lowest BCUT2D eigenvalue weighted by molar-refractivity contribution is 0.241. The van der Waals surface area contributed by atoms with E-state index in [-0.39, 0.29) is 0 Å². The second-order valence-electron chi connectivity index (χ2n) is 6.86. The fourth-order valence-corrected chi connectivity index (χ4v) is 3.81. The van der Waals surface area contributed by atoms with Crippen molar-refractivity contribution in [3.05, 3.63) is 35.9 Å². The largest absolute Gasteiger partial charge is 0.314 e. The van der Waals surface area contributed by atoms with Gasteiger partial charge >= 0.3 is 0 Å². The summed E-state index contributed by atoms with van der Waals surface area (Å²) < 4.78 is 0. The van der Waals surface area contributed by atoms with Crippen molar-refractivity contribution in [1.82, 2.24) is 5.32 Å². The van der Waals surface area contributed by atoms with Gasteiger partial charge in [0.2, 0.25) is 0 Å². The smallest absolute Gasteiger partial charge is 0.00136 e. The van der Waals surface area contributed by atoms with Crippen LogP contribution in [0.1, 0.15) is 38.7 Å². The Labute approximate surface area is 111 Å². The van der Waals surface area contributed by atoms with E-state index in [1.54, 1.807) is 0 Å². The molecular weight excluding hydrogens is 218 g/mol. The number of rotatable bonds is 5. The lowest BCUT2D eigenvalue weighted by Gasteiger charge is -2.32. The lowest BCUT2D eigenvalue weighted by atomic mass is 9.77. The Morgan fingerprint density at radius 3 is 2.44 bits per heavy atom. The Morgan fingerprint density at radius 2 is 1.83 bits per heavy atom. The van der Waals surface area contributed by atoms with Crippen LogP contribution in [0.5, 0.6) is 0 Å². The maximum absolute atomic E-state index is 3.69. The third kappa shape index (κ3) is 2.61. The summed E-state index contributed by atoms with van der Waals surface area (Å²) in [5.41, 5.74) is 2.06. The Hall–Kier alpha value is -0.820. The number of hydrogen-bond acceptors (Lipinski definition) is 1. The van der Waals surface area contributed by atoms with Crippen LogP contribution in [0, 0.1) is 17.3 Å². The number of fused-ring (bicyclic) bond motifs is 1. The van der Waals surface area contributed by atoms with Gasteiger partial charge in [0.1, 0.15) is 0 Å². The van der Waals surface area contributed by atoms with Crippen molar-refractivity contribution in [2.75, 3.05) is 6.54 Å². The first-order chi connectivity index (χ1) is 8.67. The second-order valence-corrected chi connectivity index (χ2v) is 6.86. The highest BCUT2D eigenvalue weighted by Crippen LogP contribution is 2.60. The Morgan fingerprint density at radius 1 is 1.17 bits per heavy atom. The highest BCUT2D eigenvalue weighted by atomic mass is 14.9. The molecule has 2 aliphatic carbocycles. The zero-order chi connectivity index (χ0) is 12.6. The zero-order valence-electron chi connectivity index (χ0n) is 11.7. The predicted octanol–water partition coefficient (Wildman–Crippen LogP) is 3.64. The fourth-order valence-electron chi connectivity index (χ4n) is 3.81. The highest BCUT2D eigenvalue weighted by molar-refractivity contribution is 5.19. The summed E-state index contributed by atoms with van der Waals surface area (Å²) in [6, 6.07) is 11.7. The minimum absolute atomic E-state index is 0.541. The molecule has 0 heterocycles. The topological polar surface area (TPSA) is 12.0 Å². The molecule has 98 valence electrons. The van der Waals surface area contributed by atoms with Crippen LogP contribution in [-0.2, 0) is 6.42 Å². The van der Waals surface area contributed by atoms with Gasteiger partial charge in [-0.3, -0.25) is 0 Å². The second kappa shape index (κ2) is 4.70. The third-order valence-corrected chi connectivity index (χ3v) is 4.77. The van der Waals surface area contributed by atoms with E-state index < -0.39 is 0 Å². The SMILES string of the molecule is CC(C)NCC1(Cc2ccccc2)CC2CC2C1. The molecule has 2 fully saturated rings. The molecule has 2 unspecified atom stereocenters. The van der Waals surface area contributed by atoms with E-state index in [0.29, 0.717) is 11.5 Å². The van der Waals surface area contributed by atoms with Crippen LogP contribution in [0.25, 0.3) is 0 Å². The Kier molecular flexibility index (Phi) is 3.19. The molecule has 0 amide bonds. The molecule has 0 radical (unpaired) electrons. The van der Waals surface area contributed by atoms with Crippen molar-refractivity contribution in [1.29, 1.82) is 0 Å². The van der Waals surface area contributed by atoms with Gasteiger partial charge in [0.05, 0.1) is 0 Å². The first-order valence-electron chi connectivity index (χ1n) is 7.44. The van der Waals surface area contributed by atoms with Gasteiger partial charge in [-0.25, -0.2) is 0 Å². The molecule has 1 aromatic rings. The molecule has 3 rings (SSSR count). The van der Waals surface area contributed by atoms with Gasteiger partial charge in [-0.15, -0.1) is 0 Å². The minimum Gasteiger partial charge on any atom is -0.314 e. The van der Waals surface area contributed by atoms with E-state index in [9.17, 15) is 0 Å². The average Bonchev–Trinajstić information content (AvgIpc) is 2.97. The van der Waals surface area contributed by atoms with E-state index in [1.807, 2.05) is 0 Å². The molecule has 1 N–H and O–H groups in total. The predicted molar refractivity (Wildman–Crippen MR) is 76.5 cm³/mol. The number of nitrogens with one attached hydrogen (secondary N) is 1. The van der Waals surface area contributed by atoms with Crippen molar-refractivity contribution in [2.24, 2.45) is 17.3 Å².